The molecule has 1 aromatic carbocycles. The van der Waals surface area contributed by atoms with Crippen LogP contribution in [0, 0.1) is 0 Å². The van der Waals surface area contributed by atoms with Gasteiger partial charge in [-0.05, 0) is 30.5 Å². The van der Waals surface area contributed by atoms with Crippen molar-refractivity contribution in [2.75, 3.05) is 5.73 Å². The summed E-state index contributed by atoms with van der Waals surface area (Å²) in [5.41, 5.74) is 7.73. The molecule has 0 saturated carbocycles. The normalized spacial score (nSPS) is 11.1. The van der Waals surface area contributed by atoms with Crippen molar-refractivity contribution in [2.24, 2.45) is 0 Å². The minimum absolute atomic E-state index is 0.295. The summed E-state index contributed by atoms with van der Waals surface area (Å²) in [5.74, 6) is 1.75. The topological polar surface area (TPSA) is 64.9 Å². The van der Waals surface area contributed by atoms with Gasteiger partial charge in [0.2, 0.25) is 11.8 Å². The lowest BCUT2D eigenvalue weighted by Crippen LogP contribution is -1.91. The summed E-state index contributed by atoms with van der Waals surface area (Å²) in [5, 5.41) is 8.07. The van der Waals surface area contributed by atoms with E-state index in [4.69, 9.17) is 10.2 Å². The Kier molecular flexibility index (Phi) is 3.97. The molecule has 2 aromatic rings. The molecular weight excluding hydrogens is 226 g/mol. The summed E-state index contributed by atoms with van der Waals surface area (Å²) >= 11 is 0. The van der Waals surface area contributed by atoms with E-state index in [1.165, 1.54) is 5.56 Å². The Morgan fingerprint density at radius 1 is 1.11 bits per heavy atom. The van der Waals surface area contributed by atoms with Crippen LogP contribution in [0.3, 0.4) is 0 Å². The number of hydrogen-bond donors (Lipinski definition) is 1. The monoisotopic (exact) mass is 245 g/mol. The third-order valence-corrected chi connectivity index (χ3v) is 2.81. The number of nitrogens with zero attached hydrogens (tertiary/aromatic N) is 2. The highest BCUT2D eigenvalue weighted by atomic mass is 16.4. The van der Waals surface area contributed by atoms with Crippen LogP contribution in [-0.2, 0) is 12.8 Å². The summed E-state index contributed by atoms with van der Waals surface area (Å²) in [7, 11) is 0. The molecule has 1 heterocycles. The highest BCUT2D eigenvalue weighted by molar-refractivity contribution is 5.39. The number of aryl methyl sites for hydroxylation is 2. The van der Waals surface area contributed by atoms with Crippen molar-refractivity contribution < 1.29 is 4.42 Å². The van der Waals surface area contributed by atoms with Gasteiger partial charge in [-0.15, -0.1) is 10.2 Å². The van der Waals surface area contributed by atoms with E-state index >= 15 is 0 Å². The lowest BCUT2D eigenvalue weighted by Gasteiger charge is -2.00. The van der Waals surface area contributed by atoms with Crippen molar-refractivity contribution in [3.8, 4) is 0 Å². The molecule has 96 valence electrons. The fourth-order valence-corrected chi connectivity index (χ4v) is 1.73. The summed E-state index contributed by atoms with van der Waals surface area (Å²) in [4.78, 5) is 0. The van der Waals surface area contributed by atoms with Gasteiger partial charge in [0.15, 0.2) is 0 Å². The van der Waals surface area contributed by atoms with Gasteiger partial charge in [-0.25, -0.2) is 0 Å². The van der Waals surface area contributed by atoms with Crippen LogP contribution < -0.4 is 5.73 Å². The minimum atomic E-state index is 0.295. The molecule has 0 aliphatic heterocycles. The predicted octanol–water partition coefficient (Wildman–Crippen LogP) is 2.95. The molecule has 0 fully saturated rings. The molecule has 0 amide bonds. The average molecular weight is 245 g/mol. The SMILES string of the molecule is CC(C)c1nnc(CCCc2ccc(N)cc2)o1. The number of nitrogen functional groups attached to an aromatic ring is 1. The van der Waals surface area contributed by atoms with Crippen LogP contribution >= 0.6 is 0 Å². The Morgan fingerprint density at radius 2 is 1.83 bits per heavy atom. The molecule has 2 rings (SSSR count). The quantitative estimate of drug-likeness (QED) is 0.822. The van der Waals surface area contributed by atoms with Crippen LogP contribution in [0.4, 0.5) is 5.69 Å². The standard InChI is InChI=1S/C14H19N3O/c1-10(2)14-17-16-13(18-14)5-3-4-11-6-8-12(15)9-7-11/h6-10H,3-5,15H2,1-2H3. The third kappa shape index (κ3) is 3.32. The second kappa shape index (κ2) is 5.67. The van der Waals surface area contributed by atoms with E-state index in [0.717, 1.165) is 36.7 Å². The van der Waals surface area contributed by atoms with E-state index < -0.39 is 0 Å². The number of benzene rings is 1. The van der Waals surface area contributed by atoms with Gasteiger partial charge in [0.05, 0.1) is 0 Å². The molecular formula is C14H19N3O. The third-order valence-electron chi connectivity index (χ3n) is 2.81. The average Bonchev–Trinajstić information content (AvgIpc) is 2.81. The van der Waals surface area contributed by atoms with Gasteiger partial charge in [0.1, 0.15) is 0 Å². The van der Waals surface area contributed by atoms with Crippen molar-refractivity contribution in [3.63, 3.8) is 0 Å². The molecule has 4 nitrogen and oxygen atoms in total. The fraction of sp³-hybridized carbons (Fsp3) is 0.429. The van der Waals surface area contributed by atoms with E-state index in [9.17, 15) is 0 Å². The van der Waals surface area contributed by atoms with Crippen molar-refractivity contribution >= 4 is 5.69 Å². The fourth-order valence-electron chi connectivity index (χ4n) is 1.73. The van der Waals surface area contributed by atoms with Gasteiger partial charge in [-0.2, -0.15) is 0 Å². The van der Waals surface area contributed by atoms with E-state index in [0.29, 0.717) is 5.92 Å². The number of rotatable bonds is 5. The zero-order chi connectivity index (χ0) is 13.0. The van der Waals surface area contributed by atoms with Crippen LogP contribution in [0.15, 0.2) is 28.7 Å². The smallest absolute Gasteiger partial charge is 0.219 e. The number of anilines is 1. The van der Waals surface area contributed by atoms with Gasteiger partial charge in [0.25, 0.3) is 0 Å². The van der Waals surface area contributed by atoms with Crippen molar-refractivity contribution in [1.82, 2.24) is 10.2 Å². The maximum Gasteiger partial charge on any atom is 0.219 e. The molecule has 18 heavy (non-hydrogen) atoms. The first kappa shape index (κ1) is 12.6. The van der Waals surface area contributed by atoms with Crippen LogP contribution in [0.25, 0.3) is 0 Å². The van der Waals surface area contributed by atoms with E-state index in [-0.39, 0.29) is 0 Å². The Morgan fingerprint density at radius 3 is 2.44 bits per heavy atom. The number of hydrogen-bond acceptors (Lipinski definition) is 4. The Bertz CT molecular complexity index is 488. The second-order valence-corrected chi connectivity index (χ2v) is 4.78. The molecule has 1 aromatic heterocycles. The van der Waals surface area contributed by atoms with Gasteiger partial charge in [-0.1, -0.05) is 26.0 Å². The van der Waals surface area contributed by atoms with Gasteiger partial charge in [0, 0.05) is 18.0 Å². The van der Waals surface area contributed by atoms with Gasteiger partial charge < -0.3 is 10.2 Å². The zero-order valence-corrected chi connectivity index (χ0v) is 10.9. The molecule has 0 atom stereocenters. The first-order chi connectivity index (χ1) is 8.65. The molecule has 0 bridgehead atoms. The Balaban J connectivity index is 1.82. The number of nitrogens with two attached hydrogens (primary N) is 1. The van der Waals surface area contributed by atoms with Crippen molar-refractivity contribution in [3.05, 3.63) is 41.6 Å². The van der Waals surface area contributed by atoms with Crippen LogP contribution in [-0.4, -0.2) is 10.2 Å². The van der Waals surface area contributed by atoms with E-state index in [1.54, 1.807) is 0 Å². The van der Waals surface area contributed by atoms with E-state index in [1.807, 2.05) is 26.0 Å². The maximum absolute atomic E-state index is 5.64. The molecule has 0 radical (unpaired) electrons. The molecule has 0 saturated heterocycles. The van der Waals surface area contributed by atoms with Crippen LogP contribution in [0.1, 0.15) is 43.5 Å². The molecule has 2 N–H and O–H groups in total. The zero-order valence-electron chi connectivity index (χ0n) is 10.9. The summed E-state index contributed by atoms with van der Waals surface area (Å²) in [6.07, 6.45) is 2.83. The van der Waals surface area contributed by atoms with Crippen molar-refractivity contribution in [1.29, 1.82) is 0 Å². The highest BCUT2D eigenvalue weighted by Gasteiger charge is 2.08. The maximum atomic E-state index is 5.64. The lowest BCUT2D eigenvalue weighted by molar-refractivity contribution is 0.428. The Labute approximate surface area is 107 Å². The van der Waals surface area contributed by atoms with Crippen molar-refractivity contribution in [2.45, 2.75) is 39.0 Å². The molecule has 0 spiro atoms. The summed E-state index contributed by atoms with van der Waals surface area (Å²) < 4.78 is 5.56. The Hall–Kier alpha value is -1.84. The first-order valence-electron chi connectivity index (χ1n) is 6.32. The second-order valence-electron chi connectivity index (χ2n) is 4.78. The van der Waals surface area contributed by atoms with Gasteiger partial charge in [-0.3, -0.25) is 0 Å². The molecule has 4 heteroatoms. The highest BCUT2D eigenvalue weighted by Crippen LogP contribution is 2.14. The summed E-state index contributed by atoms with van der Waals surface area (Å²) in [6, 6.07) is 7.98. The van der Waals surface area contributed by atoms with Crippen LogP contribution in [0.2, 0.25) is 0 Å². The van der Waals surface area contributed by atoms with Crippen LogP contribution in [0.5, 0.6) is 0 Å². The summed E-state index contributed by atoms with van der Waals surface area (Å²) in [6.45, 7) is 4.09. The minimum Gasteiger partial charge on any atom is -0.425 e. The number of aromatic nitrogens is 2. The predicted molar refractivity (Wildman–Crippen MR) is 71.3 cm³/mol. The molecule has 0 aliphatic carbocycles. The first-order valence-corrected chi connectivity index (χ1v) is 6.32. The van der Waals surface area contributed by atoms with E-state index in [2.05, 4.69) is 22.3 Å². The largest absolute Gasteiger partial charge is 0.425 e. The molecule has 0 aliphatic rings. The molecule has 0 unspecified atom stereocenters. The van der Waals surface area contributed by atoms with Gasteiger partial charge >= 0.3 is 0 Å². The lowest BCUT2D eigenvalue weighted by atomic mass is 10.1.